The maximum Gasteiger partial charge on any atom is 0.412 e. The van der Waals surface area contributed by atoms with Crippen molar-refractivity contribution < 1.29 is 19.2 Å². The lowest BCUT2D eigenvalue weighted by atomic mass is 10.1. The van der Waals surface area contributed by atoms with Crippen LogP contribution in [0.2, 0.25) is 0 Å². The second kappa shape index (κ2) is 7.75. The molecular formula is C21H21N3O5. The van der Waals surface area contributed by atoms with E-state index in [0.29, 0.717) is 22.6 Å². The minimum Gasteiger partial charge on any atom is -0.456 e. The van der Waals surface area contributed by atoms with Gasteiger partial charge in [0, 0.05) is 24.0 Å². The van der Waals surface area contributed by atoms with Crippen molar-refractivity contribution in [3.8, 4) is 11.5 Å². The Morgan fingerprint density at radius 2 is 1.90 bits per heavy atom. The molecule has 0 aliphatic rings. The second-order valence-electron chi connectivity index (χ2n) is 7.45. The highest BCUT2D eigenvalue weighted by Crippen LogP contribution is 2.35. The van der Waals surface area contributed by atoms with E-state index in [1.165, 1.54) is 12.3 Å². The van der Waals surface area contributed by atoms with Gasteiger partial charge < -0.3 is 9.47 Å². The summed E-state index contributed by atoms with van der Waals surface area (Å²) >= 11 is 0. The van der Waals surface area contributed by atoms with Gasteiger partial charge in [-0.3, -0.25) is 15.4 Å². The smallest absolute Gasteiger partial charge is 0.412 e. The van der Waals surface area contributed by atoms with Gasteiger partial charge in [-0.25, -0.2) is 9.78 Å². The van der Waals surface area contributed by atoms with Crippen LogP contribution in [0.25, 0.3) is 10.9 Å². The van der Waals surface area contributed by atoms with Crippen molar-refractivity contribution in [2.45, 2.75) is 33.3 Å². The van der Waals surface area contributed by atoms with Crippen LogP contribution in [0.4, 0.5) is 16.2 Å². The third-order valence-corrected chi connectivity index (χ3v) is 3.96. The molecule has 0 unspecified atom stereocenters. The maximum absolute atomic E-state index is 12.0. The summed E-state index contributed by atoms with van der Waals surface area (Å²) in [6.45, 7) is 7.20. The fraction of sp³-hybridized carbons (Fsp3) is 0.238. The molecule has 0 fully saturated rings. The molecule has 150 valence electrons. The predicted molar refractivity (Wildman–Crippen MR) is 110 cm³/mol. The van der Waals surface area contributed by atoms with Crippen molar-refractivity contribution in [1.29, 1.82) is 0 Å². The van der Waals surface area contributed by atoms with Gasteiger partial charge in [0.25, 0.3) is 5.69 Å². The Morgan fingerprint density at radius 3 is 2.59 bits per heavy atom. The number of rotatable bonds is 4. The zero-order valence-electron chi connectivity index (χ0n) is 16.6. The van der Waals surface area contributed by atoms with Gasteiger partial charge in [0.15, 0.2) is 5.52 Å². The topological polar surface area (TPSA) is 104 Å². The average Bonchev–Trinajstić information content (AvgIpc) is 2.62. The number of hydrogen-bond acceptors (Lipinski definition) is 6. The summed E-state index contributed by atoms with van der Waals surface area (Å²) in [6, 6.07) is 11.5. The number of benzene rings is 2. The minimum absolute atomic E-state index is 0.0926. The number of aromatic nitrogens is 1. The number of para-hydroxylation sites is 1. The first-order valence-corrected chi connectivity index (χ1v) is 8.95. The molecule has 0 saturated heterocycles. The molecule has 0 aliphatic heterocycles. The Morgan fingerprint density at radius 1 is 1.14 bits per heavy atom. The van der Waals surface area contributed by atoms with Gasteiger partial charge in [-0.05, 0) is 51.5 Å². The molecule has 0 aliphatic carbocycles. The minimum atomic E-state index is -0.612. The van der Waals surface area contributed by atoms with Crippen LogP contribution in [0.15, 0.2) is 48.7 Å². The third kappa shape index (κ3) is 4.78. The standard InChI is InChI=1S/C21H21N3O5/c1-13-8-9-14(23-20(25)29-21(2,3)4)12-18(13)28-17-10-11-22-19-15(17)6-5-7-16(19)24(26)27/h5-12H,1-4H3,(H,23,25). The number of nitro benzene ring substituents is 1. The van der Waals surface area contributed by atoms with Gasteiger partial charge in [-0.15, -0.1) is 0 Å². The lowest BCUT2D eigenvalue weighted by Crippen LogP contribution is -2.27. The molecule has 1 amide bonds. The van der Waals surface area contributed by atoms with Crippen LogP contribution >= 0.6 is 0 Å². The zero-order chi connectivity index (χ0) is 21.2. The monoisotopic (exact) mass is 395 g/mol. The Bertz CT molecular complexity index is 1090. The molecule has 8 heteroatoms. The van der Waals surface area contributed by atoms with E-state index >= 15 is 0 Å². The normalized spacial score (nSPS) is 11.2. The number of fused-ring (bicyclic) bond motifs is 1. The summed E-state index contributed by atoms with van der Waals surface area (Å²) in [5, 5.41) is 14.4. The van der Waals surface area contributed by atoms with Crippen LogP contribution in [-0.2, 0) is 4.74 Å². The first-order chi connectivity index (χ1) is 13.6. The number of nitrogens with one attached hydrogen (secondary N) is 1. The number of nitrogens with zero attached hydrogens (tertiary/aromatic N) is 2. The van der Waals surface area contributed by atoms with Crippen molar-refractivity contribution in [2.24, 2.45) is 0 Å². The molecule has 3 rings (SSSR count). The van der Waals surface area contributed by atoms with Crippen LogP contribution in [0.5, 0.6) is 11.5 Å². The highest BCUT2D eigenvalue weighted by Gasteiger charge is 2.18. The lowest BCUT2D eigenvalue weighted by molar-refractivity contribution is -0.383. The van der Waals surface area contributed by atoms with E-state index < -0.39 is 16.6 Å². The Balaban J connectivity index is 1.92. The first-order valence-electron chi connectivity index (χ1n) is 8.95. The van der Waals surface area contributed by atoms with E-state index in [0.717, 1.165) is 5.56 Å². The third-order valence-electron chi connectivity index (χ3n) is 3.96. The maximum atomic E-state index is 12.0. The molecule has 0 saturated carbocycles. The summed E-state index contributed by atoms with van der Waals surface area (Å²) < 4.78 is 11.3. The highest BCUT2D eigenvalue weighted by atomic mass is 16.6. The van der Waals surface area contributed by atoms with E-state index in [1.54, 1.807) is 57.2 Å². The van der Waals surface area contributed by atoms with Gasteiger partial charge in [-0.2, -0.15) is 0 Å². The summed E-state index contributed by atoms with van der Waals surface area (Å²) in [6.07, 6.45) is 0.889. The van der Waals surface area contributed by atoms with Crippen LogP contribution in [0, 0.1) is 17.0 Å². The number of anilines is 1. The van der Waals surface area contributed by atoms with Crippen molar-refractivity contribution >= 4 is 28.4 Å². The SMILES string of the molecule is Cc1ccc(NC(=O)OC(C)(C)C)cc1Oc1ccnc2c([N+](=O)[O-])cccc12. The number of pyridine rings is 1. The molecule has 2 aromatic carbocycles. The van der Waals surface area contributed by atoms with E-state index in [4.69, 9.17) is 9.47 Å². The lowest BCUT2D eigenvalue weighted by Gasteiger charge is -2.20. The summed E-state index contributed by atoms with van der Waals surface area (Å²) in [5.41, 5.74) is 0.874. The molecule has 3 aromatic rings. The molecule has 0 radical (unpaired) electrons. The van der Waals surface area contributed by atoms with Crippen LogP contribution < -0.4 is 10.1 Å². The second-order valence-corrected chi connectivity index (χ2v) is 7.45. The van der Waals surface area contributed by atoms with Crippen molar-refractivity contribution in [1.82, 2.24) is 4.98 Å². The fourth-order valence-corrected chi connectivity index (χ4v) is 2.70. The molecule has 0 atom stereocenters. The first kappa shape index (κ1) is 20.1. The number of ether oxygens (including phenoxy) is 2. The number of non-ortho nitro benzene ring substituents is 1. The average molecular weight is 395 g/mol. The van der Waals surface area contributed by atoms with Crippen LogP contribution in [0.1, 0.15) is 26.3 Å². The quantitative estimate of drug-likeness (QED) is 0.456. The van der Waals surface area contributed by atoms with Crippen molar-refractivity contribution in [3.63, 3.8) is 0 Å². The number of carbonyl (C=O) groups excluding carboxylic acids is 1. The summed E-state index contributed by atoms with van der Waals surface area (Å²) in [4.78, 5) is 26.9. The van der Waals surface area contributed by atoms with Gasteiger partial charge in [0.1, 0.15) is 17.1 Å². The van der Waals surface area contributed by atoms with Gasteiger partial charge in [0.2, 0.25) is 0 Å². The summed E-state index contributed by atoms with van der Waals surface area (Å²) in [5.74, 6) is 0.925. The number of carbonyl (C=O) groups is 1. The van der Waals surface area contributed by atoms with E-state index in [9.17, 15) is 14.9 Å². The van der Waals surface area contributed by atoms with Gasteiger partial charge in [0.05, 0.1) is 10.3 Å². The number of aryl methyl sites for hydroxylation is 1. The van der Waals surface area contributed by atoms with E-state index in [-0.39, 0.29) is 11.2 Å². The van der Waals surface area contributed by atoms with Gasteiger partial charge in [-0.1, -0.05) is 12.1 Å². The Kier molecular flexibility index (Phi) is 5.36. The fourth-order valence-electron chi connectivity index (χ4n) is 2.70. The van der Waals surface area contributed by atoms with E-state index in [1.807, 2.05) is 6.92 Å². The molecule has 8 nitrogen and oxygen atoms in total. The van der Waals surface area contributed by atoms with Crippen molar-refractivity contribution in [2.75, 3.05) is 5.32 Å². The molecule has 0 spiro atoms. The molecule has 1 aromatic heterocycles. The van der Waals surface area contributed by atoms with Crippen LogP contribution in [0.3, 0.4) is 0 Å². The molecular weight excluding hydrogens is 374 g/mol. The Hall–Kier alpha value is -3.68. The van der Waals surface area contributed by atoms with Crippen LogP contribution in [-0.4, -0.2) is 21.6 Å². The molecule has 1 heterocycles. The predicted octanol–water partition coefficient (Wildman–Crippen LogP) is 5.59. The highest BCUT2D eigenvalue weighted by molar-refractivity contribution is 5.92. The van der Waals surface area contributed by atoms with Gasteiger partial charge >= 0.3 is 6.09 Å². The number of amides is 1. The van der Waals surface area contributed by atoms with Crippen molar-refractivity contribution in [3.05, 3.63) is 64.3 Å². The summed E-state index contributed by atoms with van der Waals surface area (Å²) in [7, 11) is 0. The number of hydrogen-bond donors (Lipinski definition) is 1. The number of nitro groups is 1. The molecule has 0 bridgehead atoms. The van der Waals surface area contributed by atoms with E-state index in [2.05, 4.69) is 10.3 Å². The Labute approximate surface area is 167 Å². The largest absolute Gasteiger partial charge is 0.456 e. The molecule has 1 N–H and O–H groups in total. The molecule has 29 heavy (non-hydrogen) atoms. The zero-order valence-corrected chi connectivity index (χ0v) is 16.6.